The summed E-state index contributed by atoms with van der Waals surface area (Å²) in [6.45, 7) is 2.64. The highest BCUT2D eigenvalue weighted by Crippen LogP contribution is 2.33. The number of carbonyl (C=O) groups is 2. The minimum atomic E-state index is -0.545. The second kappa shape index (κ2) is 7.16. The average Bonchev–Trinajstić information content (AvgIpc) is 2.68. The fraction of sp³-hybridized carbons (Fsp3) is 0.500. The second-order valence-electron chi connectivity index (χ2n) is 5.34. The maximum absolute atomic E-state index is 13.6. The molecule has 0 unspecified atom stereocenters. The van der Waals surface area contributed by atoms with Crippen LogP contribution in [0.25, 0.3) is 0 Å². The summed E-state index contributed by atoms with van der Waals surface area (Å²) in [4.78, 5) is 25.3. The van der Waals surface area contributed by atoms with Crippen LogP contribution in [-0.4, -0.2) is 18.2 Å². The molecule has 0 saturated carbocycles. The summed E-state index contributed by atoms with van der Waals surface area (Å²) in [5.74, 6) is -1.54. The number of benzene rings is 1. The largest absolute Gasteiger partial charge is 0.305 e. The van der Waals surface area contributed by atoms with Gasteiger partial charge >= 0.3 is 0 Å². The predicted octanol–water partition coefficient (Wildman–Crippen LogP) is 4.48. The molecule has 1 aliphatic rings. The van der Waals surface area contributed by atoms with Gasteiger partial charge in [0.15, 0.2) is 0 Å². The summed E-state index contributed by atoms with van der Waals surface area (Å²) in [5, 5.41) is 0. The van der Waals surface area contributed by atoms with Crippen LogP contribution < -0.4 is 4.90 Å². The SMILES string of the molecule is CCCCCCCCN1C(=O)C(=O)c2cc(Br)c(F)cc21. The lowest BCUT2D eigenvalue weighted by atomic mass is 10.1. The molecular formula is C16H19BrFNO2. The van der Waals surface area contributed by atoms with E-state index in [1.807, 2.05) is 0 Å². The molecule has 0 fully saturated rings. The van der Waals surface area contributed by atoms with Crippen LogP contribution in [0, 0.1) is 5.82 Å². The first-order valence-electron chi connectivity index (χ1n) is 7.41. The minimum Gasteiger partial charge on any atom is -0.305 e. The summed E-state index contributed by atoms with van der Waals surface area (Å²) in [6, 6.07) is 2.66. The number of anilines is 1. The van der Waals surface area contributed by atoms with Crippen molar-refractivity contribution in [1.82, 2.24) is 0 Å². The Morgan fingerprint density at radius 3 is 2.48 bits per heavy atom. The predicted molar refractivity (Wildman–Crippen MR) is 84.2 cm³/mol. The molecule has 0 aromatic heterocycles. The third-order valence-corrected chi connectivity index (χ3v) is 4.36. The van der Waals surface area contributed by atoms with Crippen LogP contribution in [0.2, 0.25) is 0 Å². The molecule has 2 rings (SSSR count). The normalized spacial score (nSPS) is 14.0. The average molecular weight is 356 g/mol. The van der Waals surface area contributed by atoms with Crippen molar-refractivity contribution >= 4 is 33.3 Å². The standard InChI is InChI=1S/C16H19BrFNO2/c1-2-3-4-5-6-7-8-19-14-10-13(18)12(17)9-11(14)15(20)16(19)21/h9-10H,2-8H2,1H3. The molecular weight excluding hydrogens is 337 g/mol. The lowest BCUT2D eigenvalue weighted by molar-refractivity contribution is -0.114. The second-order valence-corrected chi connectivity index (χ2v) is 6.19. The molecule has 1 amide bonds. The molecule has 0 spiro atoms. The Bertz CT molecular complexity index is 559. The van der Waals surface area contributed by atoms with E-state index >= 15 is 0 Å². The van der Waals surface area contributed by atoms with Crippen LogP contribution in [0.3, 0.4) is 0 Å². The van der Waals surface area contributed by atoms with Crippen LogP contribution in [-0.2, 0) is 4.79 Å². The smallest absolute Gasteiger partial charge is 0.299 e. The third-order valence-electron chi connectivity index (χ3n) is 3.75. The van der Waals surface area contributed by atoms with Crippen molar-refractivity contribution < 1.29 is 14.0 Å². The molecule has 1 aromatic carbocycles. The van der Waals surface area contributed by atoms with Crippen LogP contribution >= 0.6 is 15.9 Å². The van der Waals surface area contributed by atoms with Gasteiger partial charge < -0.3 is 4.90 Å². The summed E-state index contributed by atoms with van der Waals surface area (Å²) in [5.41, 5.74) is 0.693. The van der Waals surface area contributed by atoms with Gasteiger partial charge in [0.1, 0.15) is 5.82 Å². The van der Waals surface area contributed by atoms with Gasteiger partial charge in [0.25, 0.3) is 11.7 Å². The van der Waals surface area contributed by atoms with E-state index in [0.29, 0.717) is 17.8 Å². The van der Waals surface area contributed by atoms with Gasteiger partial charge in [-0.2, -0.15) is 0 Å². The highest BCUT2D eigenvalue weighted by Gasteiger charge is 2.36. The third kappa shape index (κ3) is 3.51. The fourth-order valence-electron chi connectivity index (χ4n) is 2.56. The van der Waals surface area contributed by atoms with Crippen molar-refractivity contribution in [2.75, 3.05) is 11.4 Å². The van der Waals surface area contributed by atoms with Gasteiger partial charge in [-0.3, -0.25) is 9.59 Å². The Kier molecular flexibility index (Phi) is 5.51. The zero-order chi connectivity index (χ0) is 15.4. The molecule has 1 aromatic rings. The van der Waals surface area contributed by atoms with Crippen molar-refractivity contribution in [2.24, 2.45) is 0 Å². The van der Waals surface area contributed by atoms with Crippen molar-refractivity contribution in [3.8, 4) is 0 Å². The van der Waals surface area contributed by atoms with Gasteiger partial charge in [0.2, 0.25) is 0 Å². The minimum absolute atomic E-state index is 0.212. The molecule has 0 atom stereocenters. The van der Waals surface area contributed by atoms with E-state index in [2.05, 4.69) is 22.9 Å². The Balaban J connectivity index is 2.00. The molecule has 0 saturated heterocycles. The number of ketones is 1. The van der Waals surface area contributed by atoms with E-state index in [-0.39, 0.29) is 4.47 Å². The molecule has 0 aliphatic carbocycles. The number of carbonyl (C=O) groups excluding carboxylic acids is 2. The van der Waals surface area contributed by atoms with Crippen molar-refractivity contribution in [3.05, 3.63) is 28.0 Å². The summed E-state index contributed by atoms with van der Waals surface area (Å²) in [7, 11) is 0. The Morgan fingerprint density at radius 2 is 1.76 bits per heavy atom. The van der Waals surface area contributed by atoms with E-state index in [4.69, 9.17) is 0 Å². The topological polar surface area (TPSA) is 37.4 Å². The quantitative estimate of drug-likeness (QED) is 0.534. The number of unbranched alkanes of at least 4 members (excludes halogenated alkanes) is 5. The number of halogens is 2. The Labute approximate surface area is 132 Å². The van der Waals surface area contributed by atoms with Crippen LogP contribution in [0.5, 0.6) is 0 Å². The summed E-state index contributed by atoms with van der Waals surface area (Å²) in [6.07, 6.45) is 6.60. The molecule has 1 aliphatic heterocycles. The molecule has 0 bridgehead atoms. The first kappa shape index (κ1) is 16.1. The molecule has 1 heterocycles. The number of fused-ring (bicyclic) bond motifs is 1. The lowest BCUT2D eigenvalue weighted by Gasteiger charge is -2.16. The van der Waals surface area contributed by atoms with E-state index in [9.17, 15) is 14.0 Å². The van der Waals surface area contributed by atoms with Crippen molar-refractivity contribution in [2.45, 2.75) is 45.4 Å². The maximum Gasteiger partial charge on any atom is 0.299 e. The number of Topliss-reactive ketones (excluding diaryl/α,β-unsaturated/α-hetero) is 1. The van der Waals surface area contributed by atoms with Crippen molar-refractivity contribution in [3.63, 3.8) is 0 Å². The highest BCUT2D eigenvalue weighted by molar-refractivity contribution is 9.10. The Hall–Kier alpha value is -1.23. The van der Waals surface area contributed by atoms with E-state index in [1.54, 1.807) is 0 Å². The zero-order valence-electron chi connectivity index (χ0n) is 12.1. The monoisotopic (exact) mass is 355 g/mol. The van der Waals surface area contributed by atoms with Gasteiger partial charge in [-0.05, 0) is 34.5 Å². The Morgan fingerprint density at radius 1 is 1.10 bits per heavy atom. The van der Waals surface area contributed by atoms with Gasteiger partial charge in [0, 0.05) is 6.54 Å². The van der Waals surface area contributed by atoms with E-state index in [1.165, 1.54) is 36.3 Å². The number of amides is 1. The van der Waals surface area contributed by atoms with Gasteiger partial charge in [0.05, 0.1) is 15.7 Å². The first-order valence-corrected chi connectivity index (χ1v) is 8.20. The van der Waals surface area contributed by atoms with E-state index in [0.717, 1.165) is 19.3 Å². The summed E-state index contributed by atoms with van der Waals surface area (Å²) >= 11 is 3.05. The van der Waals surface area contributed by atoms with Gasteiger partial charge in [-0.25, -0.2) is 4.39 Å². The van der Waals surface area contributed by atoms with Gasteiger partial charge in [-0.1, -0.05) is 39.0 Å². The zero-order valence-corrected chi connectivity index (χ0v) is 13.7. The molecule has 0 N–H and O–H groups in total. The van der Waals surface area contributed by atoms with Crippen LogP contribution in [0.4, 0.5) is 10.1 Å². The molecule has 5 heteroatoms. The van der Waals surface area contributed by atoms with Crippen molar-refractivity contribution in [1.29, 1.82) is 0 Å². The van der Waals surface area contributed by atoms with Crippen LogP contribution in [0.15, 0.2) is 16.6 Å². The summed E-state index contributed by atoms with van der Waals surface area (Å²) < 4.78 is 13.8. The molecule has 21 heavy (non-hydrogen) atoms. The number of hydrogen-bond donors (Lipinski definition) is 0. The van der Waals surface area contributed by atoms with E-state index < -0.39 is 17.5 Å². The maximum atomic E-state index is 13.6. The first-order chi connectivity index (χ1) is 10.1. The molecule has 114 valence electrons. The van der Waals surface area contributed by atoms with Gasteiger partial charge in [-0.15, -0.1) is 0 Å². The fourth-order valence-corrected chi connectivity index (χ4v) is 2.90. The number of hydrogen-bond acceptors (Lipinski definition) is 2. The number of nitrogens with zero attached hydrogens (tertiary/aromatic N) is 1. The highest BCUT2D eigenvalue weighted by atomic mass is 79.9. The molecule has 3 nitrogen and oxygen atoms in total. The van der Waals surface area contributed by atoms with Crippen LogP contribution in [0.1, 0.15) is 55.8 Å². The lowest BCUT2D eigenvalue weighted by Crippen LogP contribution is -2.30. The molecule has 0 radical (unpaired) electrons. The number of rotatable bonds is 7.